The Morgan fingerprint density at radius 3 is 2.88 bits per heavy atom. The van der Waals surface area contributed by atoms with Crippen LogP contribution in [0.15, 0.2) is 53.3 Å². The molecule has 0 saturated heterocycles. The summed E-state index contributed by atoms with van der Waals surface area (Å²) in [5, 5.41) is 6.67. The van der Waals surface area contributed by atoms with E-state index in [9.17, 15) is 4.79 Å². The van der Waals surface area contributed by atoms with E-state index in [0.717, 1.165) is 22.3 Å². The lowest BCUT2D eigenvalue weighted by molar-refractivity contribution is 0.0949. The number of amides is 1. The predicted octanol–water partition coefficient (Wildman–Crippen LogP) is 2.55. The fourth-order valence-corrected chi connectivity index (χ4v) is 2.51. The van der Waals surface area contributed by atoms with E-state index in [1.165, 1.54) is 0 Å². The van der Waals surface area contributed by atoms with E-state index in [4.69, 9.17) is 9.26 Å². The summed E-state index contributed by atoms with van der Waals surface area (Å²) in [6.07, 6.45) is 1.59. The standard InChI is InChI=1S/C18H15N5O3/c1-25-13-5-2-11(3-6-13)18-22-16(23-26-18)9-19-17(24)12-4-7-14-15(8-12)21-10-20-14/h2-8,10H,9H2,1H3,(H,19,24)(H,20,21). The van der Waals surface area contributed by atoms with Crippen molar-refractivity contribution in [1.29, 1.82) is 0 Å². The van der Waals surface area contributed by atoms with Crippen molar-refractivity contribution in [3.63, 3.8) is 0 Å². The number of fused-ring (bicyclic) bond motifs is 1. The third-order valence-corrected chi connectivity index (χ3v) is 3.89. The minimum atomic E-state index is -0.225. The van der Waals surface area contributed by atoms with Crippen molar-refractivity contribution in [3.8, 4) is 17.2 Å². The van der Waals surface area contributed by atoms with Gasteiger partial charge in [0.2, 0.25) is 0 Å². The van der Waals surface area contributed by atoms with Gasteiger partial charge >= 0.3 is 0 Å². The average Bonchev–Trinajstić information content (AvgIpc) is 3.35. The lowest BCUT2D eigenvalue weighted by Gasteiger charge is -2.02. The number of rotatable bonds is 5. The number of carbonyl (C=O) groups is 1. The molecule has 0 atom stereocenters. The number of benzene rings is 2. The van der Waals surface area contributed by atoms with Gasteiger partial charge in [-0.05, 0) is 42.5 Å². The SMILES string of the molecule is COc1ccc(-c2nc(CNC(=O)c3ccc4nc[nH]c4c3)no2)cc1. The normalized spacial score (nSPS) is 10.8. The van der Waals surface area contributed by atoms with Crippen molar-refractivity contribution in [2.45, 2.75) is 6.54 Å². The van der Waals surface area contributed by atoms with Crippen LogP contribution in [0.3, 0.4) is 0 Å². The maximum atomic E-state index is 12.3. The van der Waals surface area contributed by atoms with E-state index in [1.807, 2.05) is 24.3 Å². The van der Waals surface area contributed by atoms with Crippen LogP contribution in [0.4, 0.5) is 0 Å². The maximum Gasteiger partial charge on any atom is 0.257 e. The smallest absolute Gasteiger partial charge is 0.257 e. The van der Waals surface area contributed by atoms with Crippen molar-refractivity contribution >= 4 is 16.9 Å². The number of aromatic nitrogens is 4. The number of aromatic amines is 1. The Kier molecular flexibility index (Phi) is 4.06. The molecule has 0 aliphatic carbocycles. The Bertz CT molecular complexity index is 1050. The first kappa shape index (κ1) is 15.8. The molecule has 4 rings (SSSR count). The lowest BCUT2D eigenvalue weighted by atomic mass is 10.2. The maximum absolute atomic E-state index is 12.3. The fourth-order valence-electron chi connectivity index (χ4n) is 2.51. The number of hydrogen-bond donors (Lipinski definition) is 2. The van der Waals surface area contributed by atoms with Crippen LogP contribution in [-0.4, -0.2) is 33.1 Å². The molecule has 2 N–H and O–H groups in total. The zero-order valence-corrected chi connectivity index (χ0v) is 13.9. The van der Waals surface area contributed by atoms with Gasteiger partial charge in [-0.3, -0.25) is 4.79 Å². The molecular formula is C18H15N5O3. The Labute approximate surface area is 148 Å². The number of carbonyl (C=O) groups excluding carboxylic acids is 1. The van der Waals surface area contributed by atoms with Gasteiger partial charge in [0, 0.05) is 11.1 Å². The molecule has 2 aromatic heterocycles. The fraction of sp³-hybridized carbons (Fsp3) is 0.111. The van der Waals surface area contributed by atoms with Crippen molar-refractivity contribution in [2.75, 3.05) is 7.11 Å². The largest absolute Gasteiger partial charge is 0.497 e. The van der Waals surface area contributed by atoms with E-state index in [2.05, 4.69) is 25.4 Å². The summed E-state index contributed by atoms with van der Waals surface area (Å²) < 4.78 is 10.4. The first-order valence-electron chi connectivity index (χ1n) is 7.91. The van der Waals surface area contributed by atoms with E-state index < -0.39 is 0 Å². The topological polar surface area (TPSA) is 106 Å². The van der Waals surface area contributed by atoms with Crippen LogP contribution in [0.25, 0.3) is 22.5 Å². The number of methoxy groups -OCH3 is 1. The number of H-pyrrole nitrogens is 1. The number of nitrogens with zero attached hydrogens (tertiary/aromatic N) is 3. The van der Waals surface area contributed by atoms with Crippen LogP contribution in [0.1, 0.15) is 16.2 Å². The van der Waals surface area contributed by atoms with Crippen LogP contribution < -0.4 is 10.1 Å². The Morgan fingerprint density at radius 1 is 1.23 bits per heavy atom. The minimum absolute atomic E-state index is 0.166. The van der Waals surface area contributed by atoms with Gasteiger partial charge in [-0.15, -0.1) is 0 Å². The van der Waals surface area contributed by atoms with Gasteiger partial charge in [-0.2, -0.15) is 4.98 Å². The van der Waals surface area contributed by atoms with Gasteiger partial charge in [-0.25, -0.2) is 4.98 Å². The second-order valence-corrected chi connectivity index (χ2v) is 5.56. The summed E-state index contributed by atoms with van der Waals surface area (Å²) in [6.45, 7) is 0.166. The highest BCUT2D eigenvalue weighted by atomic mass is 16.5. The summed E-state index contributed by atoms with van der Waals surface area (Å²) in [4.78, 5) is 23.7. The van der Waals surface area contributed by atoms with Crippen molar-refractivity contribution in [2.24, 2.45) is 0 Å². The highest BCUT2D eigenvalue weighted by molar-refractivity contribution is 5.97. The molecular weight excluding hydrogens is 334 g/mol. The molecule has 26 heavy (non-hydrogen) atoms. The molecule has 0 aliphatic rings. The molecule has 0 bridgehead atoms. The van der Waals surface area contributed by atoms with Crippen molar-refractivity contribution in [1.82, 2.24) is 25.4 Å². The van der Waals surface area contributed by atoms with E-state index in [-0.39, 0.29) is 12.5 Å². The predicted molar refractivity (Wildman–Crippen MR) is 93.5 cm³/mol. The summed E-state index contributed by atoms with van der Waals surface area (Å²) in [5.41, 5.74) is 2.92. The van der Waals surface area contributed by atoms with Gasteiger partial charge in [0.15, 0.2) is 5.82 Å². The van der Waals surface area contributed by atoms with Crippen LogP contribution >= 0.6 is 0 Å². The molecule has 1 amide bonds. The molecule has 8 nitrogen and oxygen atoms in total. The van der Waals surface area contributed by atoms with Gasteiger partial charge in [0.1, 0.15) is 5.75 Å². The Hall–Kier alpha value is -3.68. The van der Waals surface area contributed by atoms with Crippen LogP contribution in [0.2, 0.25) is 0 Å². The second-order valence-electron chi connectivity index (χ2n) is 5.56. The van der Waals surface area contributed by atoms with Crippen LogP contribution in [-0.2, 0) is 6.54 Å². The molecule has 0 saturated carbocycles. The monoisotopic (exact) mass is 349 g/mol. The molecule has 2 aromatic carbocycles. The number of hydrogen-bond acceptors (Lipinski definition) is 6. The number of nitrogens with one attached hydrogen (secondary N) is 2. The first-order chi connectivity index (χ1) is 12.7. The molecule has 4 aromatic rings. The lowest BCUT2D eigenvalue weighted by Crippen LogP contribution is -2.23. The number of imidazole rings is 1. The summed E-state index contributed by atoms with van der Waals surface area (Å²) in [6, 6.07) is 12.5. The highest BCUT2D eigenvalue weighted by Crippen LogP contribution is 2.20. The minimum Gasteiger partial charge on any atom is -0.497 e. The Balaban J connectivity index is 1.42. The zero-order valence-electron chi connectivity index (χ0n) is 13.9. The number of ether oxygens (including phenoxy) is 1. The van der Waals surface area contributed by atoms with Gasteiger partial charge < -0.3 is 19.6 Å². The molecule has 0 spiro atoms. The molecule has 8 heteroatoms. The highest BCUT2D eigenvalue weighted by Gasteiger charge is 2.12. The Morgan fingerprint density at radius 2 is 2.08 bits per heavy atom. The quantitative estimate of drug-likeness (QED) is 0.573. The summed E-state index contributed by atoms with van der Waals surface area (Å²) in [5.74, 6) is 1.30. The zero-order chi connectivity index (χ0) is 17.9. The van der Waals surface area contributed by atoms with E-state index in [1.54, 1.807) is 31.6 Å². The first-order valence-corrected chi connectivity index (χ1v) is 7.91. The van der Waals surface area contributed by atoms with E-state index in [0.29, 0.717) is 17.3 Å². The third-order valence-electron chi connectivity index (χ3n) is 3.89. The van der Waals surface area contributed by atoms with Crippen LogP contribution in [0.5, 0.6) is 5.75 Å². The van der Waals surface area contributed by atoms with Crippen molar-refractivity contribution < 1.29 is 14.1 Å². The third kappa shape index (κ3) is 3.12. The van der Waals surface area contributed by atoms with Crippen LogP contribution in [0, 0.1) is 0 Å². The average molecular weight is 349 g/mol. The molecule has 0 aliphatic heterocycles. The van der Waals surface area contributed by atoms with Gasteiger partial charge in [0.05, 0.1) is 31.0 Å². The van der Waals surface area contributed by atoms with Gasteiger partial charge in [0.25, 0.3) is 11.8 Å². The summed E-state index contributed by atoms with van der Waals surface area (Å²) >= 11 is 0. The second kappa shape index (κ2) is 6.67. The summed E-state index contributed by atoms with van der Waals surface area (Å²) in [7, 11) is 1.60. The molecule has 2 heterocycles. The molecule has 0 unspecified atom stereocenters. The molecule has 0 radical (unpaired) electrons. The van der Waals surface area contributed by atoms with E-state index >= 15 is 0 Å². The molecule has 0 fully saturated rings. The van der Waals surface area contributed by atoms with Gasteiger partial charge in [-0.1, -0.05) is 5.16 Å². The molecule has 130 valence electrons. The van der Waals surface area contributed by atoms with Crippen molar-refractivity contribution in [3.05, 3.63) is 60.2 Å².